The number of thioether (sulfide) groups is 1. The zero-order chi connectivity index (χ0) is 19.6. The van der Waals surface area contributed by atoms with Crippen LogP contribution in [0.1, 0.15) is 29.2 Å². The highest BCUT2D eigenvalue weighted by Gasteiger charge is 2.20. The first-order chi connectivity index (χ1) is 12.8. The van der Waals surface area contributed by atoms with Gasteiger partial charge in [0, 0.05) is 11.3 Å². The first kappa shape index (κ1) is 19.2. The lowest BCUT2D eigenvalue weighted by Crippen LogP contribution is -2.23. The van der Waals surface area contributed by atoms with Crippen molar-refractivity contribution in [1.82, 2.24) is 10.2 Å². The van der Waals surface area contributed by atoms with Crippen molar-refractivity contribution in [3.63, 3.8) is 0 Å². The molecular formula is C21H23N3O2S. The molecular weight excluding hydrogens is 358 g/mol. The van der Waals surface area contributed by atoms with Crippen molar-refractivity contribution in [3.05, 3.63) is 58.7 Å². The van der Waals surface area contributed by atoms with Gasteiger partial charge in [0.25, 0.3) is 5.22 Å². The monoisotopic (exact) mass is 381 g/mol. The normalized spacial score (nSPS) is 12.0. The molecule has 27 heavy (non-hydrogen) atoms. The predicted octanol–water partition coefficient (Wildman–Crippen LogP) is 5.09. The Hall–Kier alpha value is -2.60. The predicted molar refractivity (Wildman–Crippen MR) is 109 cm³/mol. The number of amides is 1. The summed E-state index contributed by atoms with van der Waals surface area (Å²) >= 11 is 1.25. The smallest absolute Gasteiger partial charge is 0.277 e. The molecule has 0 radical (unpaired) electrons. The van der Waals surface area contributed by atoms with Crippen molar-refractivity contribution in [2.24, 2.45) is 0 Å². The number of carbonyl (C=O) groups is 1. The molecule has 0 fully saturated rings. The Kier molecular flexibility index (Phi) is 5.65. The second-order valence-electron chi connectivity index (χ2n) is 6.77. The van der Waals surface area contributed by atoms with E-state index < -0.39 is 0 Å². The Morgan fingerprint density at radius 1 is 1.04 bits per heavy atom. The summed E-state index contributed by atoms with van der Waals surface area (Å²) in [5.74, 6) is 0.371. The van der Waals surface area contributed by atoms with E-state index in [0.717, 1.165) is 33.5 Å². The van der Waals surface area contributed by atoms with Crippen LogP contribution in [0.25, 0.3) is 11.5 Å². The van der Waals surface area contributed by atoms with Crippen LogP contribution in [-0.4, -0.2) is 21.4 Å². The van der Waals surface area contributed by atoms with E-state index in [2.05, 4.69) is 21.6 Å². The van der Waals surface area contributed by atoms with Gasteiger partial charge in [0.05, 0.1) is 5.25 Å². The van der Waals surface area contributed by atoms with Gasteiger partial charge in [-0.3, -0.25) is 4.79 Å². The molecule has 0 aliphatic heterocycles. The van der Waals surface area contributed by atoms with Gasteiger partial charge >= 0.3 is 0 Å². The van der Waals surface area contributed by atoms with Crippen molar-refractivity contribution in [1.29, 1.82) is 0 Å². The van der Waals surface area contributed by atoms with E-state index in [9.17, 15) is 4.79 Å². The molecule has 3 aromatic rings. The van der Waals surface area contributed by atoms with Crippen LogP contribution in [0, 0.1) is 27.7 Å². The fraction of sp³-hybridized carbons (Fsp3) is 0.286. The van der Waals surface area contributed by atoms with E-state index in [1.807, 2.05) is 65.0 Å². The van der Waals surface area contributed by atoms with Gasteiger partial charge in [-0.15, -0.1) is 10.2 Å². The summed E-state index contributed by atoms with van der Waals surface area (Å²) in [6.45, 7) is 9.85. The van der Waals surface area contributed by atoms with Crippen LogP contribution in [0.2, 0.25) is 0 Å². The number of hydrogen-bond acceptors (Lipinski definition) is 5. The molecule has 1 atom stereocenters. The lowest BCUT2D eigenvalue weighted by Gasteiger charge is -2.14. The molecule has 2 aromatic carbocycles. The van der Waals surface area contributed by atoms with Crippen LogP contribution in [0.4, 0.5) is 5.69 Å². The maximum Gasteiger partial charge on any atom is 0.277 e. The number of anilines is 1. The van der Waals surface area contributed by atoms with E-state index in [4.69, 9.17) is 4.42 Å². The fourth-order valence-electron chi connectivity index (χ4n) is 2.91. The first-order valence-corrected chi connectivity index (χ1v) is 9.67. The third kappa shape index (κ3) is 4.57. The summed E-state index contributed by atoms with van der Waals surface area (Å²) in [7, 11) is 0. The maximum absolute atomic E-state index is 12.6. The lowest BCUT2D eigenvalue weighted by atomic mass is 10.1. The average molecular weight is 382 g/mol. The molecule has 0 saturated heterocycles. The van der Waals surface area contributed by atoms with E-state index in [-0.39, 0.29) is 11.2 Å². The van der Waals surface area contributed by atoms with E-state index in [1.165, 1.54) is 11.8 Å². The third-order valence-corrected chi connectivity index (χ3v) is 5.19. The molecule has 140 valence electrons. The summed E-state index contributed by atoms with van der Waals surface area (Å²) in [6.07, 6.45) is 0. The van der Waals surface area contributed by atoms with Gasteiger partial charge < -0.3 is 9.73 Å². The standard InChI is InChI=1S/C21H23N3O2S/c1-12-9-13(2)11-17(10-12)20-23-24-21(26-20)27-16(5)19(25)22-18-14(3)7-6-8-15(18)4/h6-11,16H,1-5H3,(H,22,25)/t16-/m0/s1. The zero-order valence-corrected chi connectivity index (χ0v) is 17.0. The SMILES string of the molecule is Cc1cc(C)cc(-c2nnc(S[C@@H](C)C(=O)Nc3c(C)cccc3C)o2)c1. The molecule has 6 heteroatoms. The Bertz CT molecular complexity index is 941. The maximum atomic E-state index is 12.6. The number of rotatable bonds is 5. The summed E-state index contributed by atoms with van der Waals surface area (Å²) < 4.78 is 5.76. The van der Waals surface area contributed by atoms with Gasteiger partial charge in [-0.2, -0.15) is 0 Å². The van der Waals surface area contributed by atoms with Crippen molar-refractivity contribution >= 4 is 23.4 Å². The highest BCUT2D eigenvalue weighted by atomic mass is 32.2. The molecule has 1 heterocycles. The van der Waals surface area contributed by atoms with Gasteiger partial charge in [0.1, 0.15) is 0 Å². The number of carbonyl (C=O) groups excluding carboxylic acids is 1. The van der Waals surface area contributed by atoms with Crippen molar-refractivity contribution in [3.8, 4) is 11.5 Å². The largest absolute Gasteiger partial charge is 0.411 e. The highest BCUT2D eigenvalue weighted by Crippen LogP contribution is 2.28. The van der Waals surface area contributed by atoms with Crippen molar-refractivity contribution in [2.45, 2.75) is 45.1 Å². The molecule has 0 spiro atoms. The number of nitrogens with one attached hydrogen (secondary N) is 1. The number of aryl methyl sites for hydroxylation is 4. The minimum Gasteiger partial charge on any atom is -0.411 e. The highest BCUT2D eigenvalue weighted by molar-refractivity contribution is 8.00. The number of nitrogens with zero attached hydrogens (tertiary/aromatic N) is 2. The second-order valence-corrected chi connectivity index (χ2v) is 8.06. The van der Waals surface area contributed by atoms with Gasteiger partial charge in [-0.05, 0) is 57.9 Å². The summed E-state index contributed by atoms with van der Waals surface area (Å²) in [5, 5.41) is 11.2. The molecule has 0 aliphatic carbocycles. The minimum atomic E-state index is -0.364. The minimum absolute atomic E-state index is 0.0939. The van der Waals surface area contributed by atoms with Crippen molar-refractivity contribution < 1.29 is 9.21 Å². The summed E-state index contributed by atoms with van der Waals surface area (Å²) in [4.78, 5) is 12.6. The molecule has 0 saturated carbocycles. The Morgan fingerprint density at radius 3 is 2.30 bits per heavy atom. The van der Waals surface area contributed by atoms with Gasteiger partial charge in [-0.25, -0.2) is 0 Å². The quantitative estimate of drug-likeness (QED) is 0.624. The van der Waals surface area contributed by atoms with E-state index in [0.29, 0.717) is 11.1 Å². The lowest BCUT2D eigenvalue weighted by molar-refractivity contribution is -0.115. The number of para-hydroxylation sites is 1. The zero-order valence-electron chi connectivity index (χ0n) is 16.2. The topological polar surface area (TPSA) is 68.0 Å². The van der Waals surface area contributed by atoms with Crippen LogP contribution in [0.3, 0.4) is 0 Å². The van der Waals surface area contributed by atoms with Crippen LogP contribution in [-0.2, 0) is 4.79 Å². The number of aromatic nitrogens is 2. The molecule has 5 nitrogen and oxygen atoms in total. The van der Waals surface area contributed by atoms with Crippen LogP contribution >= 0.6 is 11.8 Å². The third-order valence-electron chi connectivity index (χ3n) is 4.25. The summed E-state index contributed by atoms with van der Waals surface area (Å²) in [6, 6.07) is 12.0. The molecule has 0 aliphatic rings. The van der Waals surface area contributed by atoms with Crippen LogP contribution in [0.15, 0.2) is 46.0 Å². The molecule has 1 N–H and O–H groups in total. The van der Waals surface area contributed by atoms with Crippen molar-refractivity contribution in [2.75, 3.05) is 5.32 Å². The second kappa shape index (κ2) is 7.96. The van der Waals surface area contributed by atoms with Gasteiger partial charge in [-0.1, -0.05) is 47.2 Å². The Balaban J connectivity index is 1.70. The van der Waals surface area contributed by atoms with Gasteiger partial charge in [0.15, 0.2) is 0 Å². The Labute approximate surface area is 163 Å². The van der Waals surface area contributed by atoms with E-state index >= 15 is 0 Å². The van der Waals surface area contributed by atoms with E-state index in [1.54, 1.807) is 0 Å². The fourth-order valence-corrected chi connectivity index (χ4v) is 3.60. The Morgan fingerprint density at radius 2 is 1.67 bits per heavy atom. The average Bonchev–Trinajstić information content (AvgIpc) is 3.06. The van der Waals surface area contributed by atoms with Crippen LogP contribution < -0.4 is 5.32 Å². The molecule has 0 bridgehead atoms. The van der Waals surface area contributed by atoms with Crippen LogP contribution in [0.5, 0.6) is 0 Å². The molecule has 3 rings (SSSR count). The molecule has 0 unspecified atom stereocenters. The first-order valence-electron chi connectivity index (χ1n) is 8.79. The molecule has 1 aromatic heterocycles. The van der Waals surface area contributed by atoms with Gasteiger partial charge in [0.2, 0.25) is 11.8 Å². The number of benzene rings is 2. The summed E-state index contributed by atoms with van der Waals surface area (Å²) in [5.41, 5.74) is 6.10. The number of hydrogen-bond donors (Lipinski definition) is 1. The molecule has 1 amide bonds.